The number of benzene rings is 1. The van der Waals surface area contributed by atoms with E-state index < -0.39 is 0 Å². The van der Waals surface area contributed by atoms with Gasteiger partial charge in [-0.3, -0.25) is 14.9 Å². The SMILES string of the molecule is CN=C(NCCc1ccccn1)NCCN1CCc2cc(OC)c(OC)cc2C1. The minimum absolute atomic E-state index is 0.795. The van der Waals surface area contributed by atoms with Crippen molar-refractivity contribution < 1.29 is 9.47 Å². The third kappa shape index (κ3) is 5.84. The maximum absolute atomic E-state index is 5.45. The summed E-state index contributed by atoms with van der Waals surface area (Å²) >= 11 is 0. The fraction of sp³-hybridized carbons (Fsp3) is 0.455. The Labute approximate surface area is 173 Å². The minimum Gasteiger partial charge on any atom is -0.493 e. The van der Waals surface area contributed by atoms with Crippen molar-refractivity contribution in [3.63, 3.8) is 0 Å². The number of methoxy groups -OCH3 is 2. The summed E-state index contributed by atoms with van der Waals surface area (Å²) < 4.78 is 10.9. The Bertz CT molecular complexity index is 810. The molecule has 29 heavy (non-hydrogen) atoms. The average Bonchev–Trinajstić information content (AvgIpc) is 2.77. The zero-order valence-corrected chi connectivity index (χ0v) is 17.6. The van der Waals surface area contributed by atoms with E-state index in [1.165, 1.54) is 11.1 Å². The van der Waals surface area contributed by atoms with Crippen LogP contribution in [0.2, 0.25) is 0 Å². The van der Waals surface area contributed by atoms with Crippen LogP contribution in [0.3, 0.4) is 0 Å². The Kier molecular flexibility index (Phi) is 7.69. The van der Waals surface area contributed by atoms with E-state index in [0.717, 1.165) is 68.7 Å². The third-order valence-electron chi connectivity index (χ3n) is 5.14. The first-order valence-electron chi connectivity index (χ1n) is 10.0. The molecular weight excluding hydrogens is 366 g/mol. The van der Waals surface area contributed by atoms with Gasteiger partial charge in [-0.1, -0.05) is 6.07 Å². The van der Waals surface area contributed by atoms with Gasteiger partial charge in [-0.25, -0.2) is 0 Å². The van der Waals surface area contributed by atoms with Crippen LogP contribution in [0.5, 0.6) is 11.5 Å². The highest BCUT2D eigenvalue weighted by molar-refractivity contribution is 5.79. The summed E-state index contributed by atoms with van der Waals surface area (Å²) in [5.74, 6) is 2.43. The average molecular weight is 398 g/mol. The van der Waals surface area contributed by atoms with Gasteiger partial charge in [0.05, 0.1) is 14.2 Å². The fourth-order valence-corrected chi connectivity index (χ4v) is 3.54. The summed E-state index contributed by atoms with van der Waals surface area (Å²) in [5.41, 5.74) is 3.74. The van der Waals surface area contributed by atoms with Gasteiger partial charge in [0.25, 0.3) is 0 Å². The van der Waals surface area contributed by atoms with Gasteiger partial charge < -0.3 is 20.1 Å². The van der Waals surface area contributed by atoms with Crippen LogP contribution in [-0.4, -0.2) is 63.3 Å². The number of pyridine rings is 1. The molecule has 1 aliphatic heterocycles. The topological polar surface area (TPSA) is 71.0 Å². The molecule has 1 aromatic heterocycles. The maximum Gasteiger partial charge on any atom is 0.191 e. The molecule has 0 saturated carbocycles. The van der Waals surface area contributed by atoms with Crippen molar-refractivity contribution in [3.8, 4) is 11.5 Å². The monoisotopic (exact) mass is 397 g/mol. The Morgan fingerprint density at radius 2 is 1.86 bits per heavy atom. The smallest absolute Gasteiger partial charge is 0.191 e. The van der Waals surface area contributed by atoms with Crippen LogP contribution in [-0.2, 0) is 19.4 Å². The number of rotatable bonds is 8. The lowest BCUT2D eigenvalue weighted by atomic mass is 9.99. The predicted molar refractivity (Wildman–Crippen MR) is 116 cm³/mol. The van der Waals surface area contributed by atoms with Crippen LogP contribution >= 0.6 is 0 Å². The number of hydrogen-bond donors (Lipinski definition) is 2. The molecule has 0 atom stereocenters. The van der Waals surface area contributed by atoms with Crippen molar-refractivity contribution >= 4 is 5.96 Å². The number of guanidine groups is 1. The summed E-state index contributed by atoms with van der Waals surface area (Å²) in [4.78, 5) is 11.1. The quantitative estimate of drug-likeness (QED) is 0.523. The molecule has 7 heteroatoms. The molecule has 3 rings (SSSR count). The van der Waals surface area contributed by atoms with Crippen LogP contribution in [0, 0.1) is 0 Å². The molecule has 2 aromatic rings. The molecule has 1 aliphatic rings. The molecule has 0 amide bonds. The van der Waals surface area contributed by atoms with Gasteiger partial charge in [0.2, 0.25) is 0 Å². The first-order chi connectivity index (χ1) is 14.2. The van der Waals surface area contributed by atoms with Crippen molar-refractivity contribution in [3.05, 3.63) is 53.3 Å². The Morgan fingerprint density at radius 1 is 1.10 bits per heavy atom. The first-order valence-corrected chi connectivity index (χ1v) is 10.0. The molecule has 2 N–H and O–H groups in total. The lowest BCUT2D eigenvalue weighted by Gasteiger charge is -2.29. The Hall–Kier alpha value is -2.80. The van der Waals surface area contributed by atoms with Crippen molar-refractivity contribution in [2.24, 2.45) is 4.99 Å². The molecule has 0 saturated heterocycles. The lowest BCUT2D eigenvalue weighted by Crippen LogP contribution is -2.43. The summed E-state index contributed by atoms with van der Waals surface area (Å²) in [6.07, 6.45) is 3.72. The number of aromatic nitrogens is 1. The van der Waals surface area contributed by atoms with Gasteiger partial charge in [-0.2, -0.15) is 0 Å². The van der Waals surface area contributed by atoms with Crippen molar-refractivity contribution in [2.45, 2.75) is 19.4 Å². The number of hydrogen-bond acceptors (Lipinski definition) is 5. The Balaban J connectivity index is 1.43. The van der Waals surface area contributed by atoms with Crippen molar-refractivity contribution in [2.75, 3.05) is 47.4 Å². The second kappa shape index (κ2) is 10.7. The van der Waals surface area contributed by atoms with E-state index in [-0.39, 0.29) is 0 Å². The molecule has 0 bridgehead atoms. The summed E-state index contributed by atoms with van der Waals surface area (Å²) in [5, 5.41) is 6.75. The number of fused-ring (bicyclic) bond motifs is 1. The molecular formula is C22H31N5O2. The van der Waals surface area contributed by atoms with E-state index in [2.05, 4.69) is 37.6 Å². The molecule has 0 radical (unpaired) electrons. The molecule has 2 heterocycles. The summed E-state index contributed by atoms with van der Waals surface area (Å²) in [6.45, 7) is 4.55. The standard InChI is InChI=1S/C22H31N5O2/c1-23-22(25-10-7-19-6-4-5-9-24-19)26-11-13-27-12-8-17-14-20(28-2)21(29-3)15-18(17)16-27/h4-6,9,14-15H,7-8,10-13,16H2,1-3H3,(H2,23,25,26). The van der Waals surface area contributed by atoms with Crippen LogP contribution in [0.25, 0.3) is 0 Å². The molecule has 0 unspecified atom stereocenters. The number of ether oxygens (including phenoxy) is 2. The summed E-state index contributed by atoms with van der Waals surface area (Å²) in [6, 6.07) is 10.2. The highest BCUT2D eigenvalue weighted by atomic mass is 16.5. The molecule has 0 fully saturated rings. The van der Waals surface area contributed by atoms with Gasteiger partial charge in [-0.05, 0) is 41.8 Å². The lowest BCUT2D eigenvalue weighted by molar-refractivity contribution is 0.256. The zero-order valence-electron chi connectivity index (χ0n) is 17.6. The molecule has 7 nitrogen and oxygen atoms in total. The molecule has 1 aromatic carbocycles. The predicted octanol–water partition coefficient (Wildman–Crippen LogP) is 1.86. The van der Waals surface area contributed by atoms with E-state index >= 15 is 0 Å². The first kappa shape index (κ1) is 20.9. The van der Waals surface area contributed by atoms with Crippen LogP contribution in [0.15, 0.2) is 41.5 Å². The second-order valence-corrected chi connectivity index (χ2v) is 7.00. The third-order valence-corrected chi connectivity index (χ3v) is 5.14. The number of aliphatic imine (C=N–C) groups is 1. The van der Waals surface area contributed by atoms with Gasteiger partial charge in [-0.15, -0.1) is 0 Å². The minimum atomic E-state index is 0.795. The second-order valence-electron chi connectivity index (χ2n) is 7.00. The molecule has 0 aliphatic carbocycles. The Morgan fingerprint density at radius 3 is 2.55 bits per heavy atom. The largest absolute Gasteiger partial charge is 0.493 e. The van der Waals surface area contributed by atoms with Gasteiger partial charge in [0, 0.05) is 58.1 Å². The molecule has 0 spiro atoms. The number of nitrogens with zero attached hydrogens (tertiary/aromatic N) is 3. The number of nitrogens with one attached hydrogen (secondary N) is 2. The zero-order chi connectivity index (χ0) is 20.5. The van der Waals surface area contributed by atoms with E-state index in [4.69, 9.17) is 9.47 Å². The van der Waals surface area contributed by atoms with Crippen LogP contribution in [0.1, 0.15) is 16.8 Å². The molecule has 156 valence electrons. The van der Waals surface area contributed by atoms with Gasteiger partial charge in [0.1, 0.15) is 0 Å². The van der Waals surface area contributed by atoms with E-state index in [1.807, 2.05) is 24.4 Å². The normalized spacial score (nSPS) is 14.2. The highest BCUT2D eigenvalue weighted by Crippen LogP contribution is 2.33. The van der Waals surface area contributed by atoms with E-state index in [0.29, 0.717) is 0 Å². The van der Waals surface area contributed by atoms with Crippen molar-refractivity contribution in [1.82, 2.24) is 20.5 Å². The maximum atomic E-state index is 5.45. The van der Waals surface area contributed by atoms with Crippen molar-refractivity contribution in [1.29, 1.82) is 0 Å². The van der Waals surface area contributed by atoms with Gasteiger partial charge >= 0.3 is 0 Å². The highest BCUT2D eigenvalue weighted by Gasteiger charge is 2.19. The van der Waals surface area contributed by atoms with Crippen LogP contribution in [0.4, 0.5) is 0 Å². The van der Waals surface area contributed by atoms with Gasteiger partial charge in [0.15, 0.2) is 17.5 Å². The van der Waals surface area contributed by atoms with E-state index in [1.54, 1.807) is 21.3 Å². The summed E-state index contributed by atoms with van der Waals surface area (Å²) in [7, 11) is 5.16. The fourth-order valence-electron chi connectivity index (χ4n) is 3.54. The van der Waals surface area contributed by atoms with E-state index in [9.17, 15) is 0 Å². The van der Waals surface area contributed by atoms with Crippen LogP contribution < -0.4 is 20.1 Å².